The Labute approximate surface area is 188 Å². The van der Waals surface area contributed by atoms with E-state index in [0.717, 1.165) is 37.8 Å². The van der Waals surface area contributed by atoms with Gasteiger partial charge in [0.15, 0.2) is 0 Å². The minimum absolute atomic E-state index is 0.0741. The highest BCUT2D eigenvalue weighted by molar-refractivity contribution is 6.30. The van der Waals surface area contributed by atoms with Crippen LogP contribution in [0.15, 0.2) is 41.4 Å². The normalized spacial score (nSPS) is 21.7. The molecule has 6 nitrogen and oxygen atoms in total. The number of hydrazine groups is 1. The lowest BCUT2D eigenvalue weighted by molar-refractivity contribution is 0.100. The number of hydrogen-bond acceptors (Lipinski definition) is 3. The zero-order valence-electron chi connectivity index (χ0n) is 17.1. The summed E-state index contributed by atoms with van der Waals surface area (Å²) in [5.74, 6) is -2.36. The van der Waals surface area contributed by atoms with E-state index in [2.05, 4.69) is 26.5 Å². The number of nitrogens with zero attached hydrogens (tertiary/aromatic N) is 1. The van der Waals surface area contributed by atoms with Crippen LogP contribution in [0.3, 0.4) is 0 Å². The monoisotopic (exact) mass is 465 g/mol. The van der Waals surface area contributed by atoms with Gasteiger partial charge in [0.25, 0.3) is 5.91 Å². The number of carbonyl (C=O) groups is 1. The van der Waals surface area contributed by atoms with E-state index in [1.165, 1.54) is 24.3 Å². The fourth-order valence-electron chi connectivity index (χ4n) is 3.98. The van der Waals surface area contributed by atoms with E-state index >= 15 is 0 Å². The zero-order valence-corrected chi connectivity index (χ0v) is 17.9. The minimum Gasteiger partial charge on any atom is -0.353 e. The van der Waals surface area contributed by atoms with Gasteiger partial charge in [0.1, 0.15) is 17.5 Å². The van der Waals surface area contributed by atoms with Crippen LogP contribution in [-0.2, 0) is 0 Å². The Morgan fingerprint density at radius 1 is 1.00 bits per heavy atom. The van der Waals surface area contributed by atoms with Crippen LogP contribution >= 0.6 is 11.6 Å². The van der Waals surface area contributed by atoms with Crippen LogP contribution in [-0.4, -0.2) is 24.1 Å². The summed E-state index contributed by atoms with van der Waals surface area (Å²) in [6.07, 6.45) is 4.14. The average Bonchev–Trinajstić information content (AvgIpc) is 3.41. The molecule has 2 atom stereocenters. The molecule has 10 heteroatoms. The number of rotatable bonds is 4. The molecule has 2 aromatic carbocycles. The Morgan fingerprint density at radius 2 is 1.72 bits per heavy atom. The summed E-state index contributed by atoms with van der Waals surface area (Å²) in [6.45, 7) is 0. The second kappa shape index (κ2) is 9.89. The van der Waals surface area contributed by atoms with Gasteiger partial charge < -0.3 is 10.6 Å². The highest BCUT2D eigenvalue weighted by Crippen LogP contribution is 2.23. The number of carbonyl (C=O) groups excluding carboxylic acids is 1. The molecule has 170 valence electrons. The maximum Gasteiger partial charge on any atom is 0.280 e. The van der Waals surface area contributed by atoms with Crippen molar-refractivity contribution in [3.63, 3.8) is 0 Å². The van der Waals surface area contributed by atoms with E-state index < -0.39 is 23.4 Å². The van der Waals surface area contributed by atoms with E-state index in [1.807, 2.05) is 0 Å². The van der Waals surface area contributed by atoms with Gasteiger partial charge in [-0.3, -0.25) is 4.79 Å². The van der Waals surface area contributed by atoms with Crippen LogP contribution in [0.4, 0.5) is 13.2 Å². The van der Waals surface area contributed by atoms with Crippen molar-refractivity contribution in [2.45, 2.75) is 50.4 Å². The molecule has 4 N–H and O–H groups in total. The molecule has 4 rings (SSSR count). The first-order valence-electron chi connectivity index (χ1n) is 10.5. The quantitative estimate of drug-likeness (QED) is 0.406. The number of benzene rings is 2. The first-order valence-corrected chi connectivity index (χ1v) is 10.8. The molecule has 1 saturated heterocycles. The third kappa shape index (κ3) is 5.59. The average molecular weight is 466 g/mol. The van der Waals surface area contributed by atoms with E-state index in [4.69, 9.17) is 11.6 Å². The maximum atomic E-state index is 13.8. The van der Waals surface area contributed by atoms with Gasteiger partial charge >= 0.3 is 0 Å². The molecule has 0 spiro atoms. The van der Waals surface area contributed by atoms with Crippen molar-refractivity contribution < 1.29 is 18.0 Å². The third-order valence-electron chi connectivity index (χ3n) is 5.58. The number of hydrogen-bond donors (Lipinski definition) is 4. The highest BCUT2D eigenvalue weighted by atomic mass is 35.5. The number of nitrogens with one attached hydrogen (secondary N) is 4. The molecule has 2 aromatic rings. The molecule has 1 saturated carbocycles. The summed E-state index contributed by atoms with van der Waals surface area (Å²) < 4.78 is 40.9. The number of aliphatic imine (C=N–C) groups is 1. The molecule has 2 aliphatic rings. The van der Waals surface area contributed by atoms with Gasteiger partial charge in [-0.15, -0.1) is 0 Å². The predicted molar refractivity (Wildman–Crippen MR) is 115 cm³/mol. The number of guanidine groups is 1. The van der Waals surface area contributed by atoms with Gasteiger partial charge in [-0.1, -0.05) is 24.4 Å². The summed E-state index contributed by atoms with van der Waals surface area (Å²) in [5, 5.41) is 6.31. The topological polar surface area (TPSA) is 77.5 Å². The minimum atomic E-state index is -0.696. The third-order valence-corrected chi connectivity index (χ3v) is 5.88. The second-order valence-corrected chi connectivity index (χ2v) is 8.40. The highest BCUT2D eigenvalue weighted by Gasteiger charge is 2.27. The second-order valence-electron chi connectivity index (χ2n) is 8.00. The van der Waals surface area contributed by atoms with Gasteiger partial charge in [-0.2, -0.15) is 4.99 Å². The SMILES string of the molecule is O=C(/N=C(/NC1CCCC1)NC1CC(c2cc(F)cc(F)c2)NN1)c1ccc(Cl)c(F)c1. The van der Waals surface area contributed by atoms with E-state index in [-0.39, 0.29) is 34.8 Å². The molecule has 1 heterocycles. The first-order chi connectivity index (χ1) is 15.4. The lowest BCUT2D eigenvalue weighted by Crippen LogP contribution is -2.51. The molecule has 32 heavy (non-hydrogen) atoms. The van der Waals surface area contributed by atoms with Crippen molar-refractivity contribution >= 4 is 23.5 Å². The van der Waals surface area contributed by atoms with Crippen LogP contribution in [0.1, 0.15) is 54.1 Å². The van der Waals surface area contributed by atoms with Crippen LogP contribution in [0.5, 0.6) is 0 Å². The fraction of sp³-hybridized carbons (Fsp3) is 0.364. The molecule has 2 fully saturated rings. The largest absolute Gasteiger partial charge is 0.353 e. The molecule has 2 unspecified atom stereocenters. The van der Waals surface area contributed by atoms with E-state index in [1.54, 1.807) is 0 Å². The summed E-state index contributed by atoms with van der Waals surface area (Å²) in [6, 6.07) is 6.96. The van der Waals surface area contributed by atoms with Crippen molar-refractivity contribution in [3.05, 3.63) is 70.0 Å². The molecule has 0 aromatic heterocycles. The van der Waals surface area contributed by atoms with Crippen molar-refractivity contribution in [1.82, 2.24) is 21.5 Å². The molecule has 0 bridgehead atoms. The predicted octanol–water partition coefficient (Wildman–Crippen LogP) is 3.94. The summed E-state index contributed by atoms with van der Waals surface area (Å²) in [4.78, 5) is 16.8. The van der Waals surface area contributed by atoms with Crippen LogP contribution in [0.2, 0.25) is 5.02 Å². The van der Waals surface area contributed by atoms with Crippen LogP contribution < -0.4 is 21.5 Å². The standard InChI is InChI=1S/C22H23ClF3N5O/c23-17-6-5-12(9-18(17)26)21(32)29-22(27-16-3-1-2-4-16)28-20-11-19(30-31-20)13-7-14(24)10-15(25)8-13/h5-10,16,19-20,30-31H,1-4,11H2,(H2,27,28,29,32). The van der Waals surface area contributed by atoms with Gasteiger partial charge in [0.05, 0.1) is 11.2 Å². The summed E-state index contributed by atoms with van der Waals surface area (Å²) in [5.41, 5.74) is 6.55. The van der Waals surface area contributed by atoms with Crippen LogP contribution in [0.25, 0.3) is 0 Å². The Hall–Kier alpha value is -2.62. The van der Waals surface area contributed by atoms with Crippen LogP contribution in [0, 0.1) is 17.5 Å². The fourth-order valence-corrected chi connectivity index (χ4v) is 4.09. The van der Waals surface area contributed by atoms with Gasteiger partial charge in [-0.05, 0) is 48.7 Å². The van der Waals surface area contributed by atoms with Crippen molar-refractivity contribution in [2.24, 2.45) is 4.99 Å². The smallest absolute Gasteiger partial charge is 0.280 e. The van der Waals surface area contributed by atoms with Gasteiger partial charge in [0.2, 0.25) is 5.96 Å². The molecule has 1 amide bonds. The van der Waals surface area contributed by atoms with Crippen molar-refractivity contribution in [1.29, 1.82) is 0 Å². The molecular weight excluding hydrogens is 443 g/mol. The zero-order chi connectivity index (χ0) is 22.7. The lowest BCUT2D eigenvalue weighted by Gasteiger charge is -2.20. The number of halogens is 4. The summed E-state index contributed by atoms with van der Waals surface area (Å²) >= 11 is 5.69. The maximum absolute atomic E-state index is 13.8. The Bertz CT molecular complexity index is 1010. The van der Waals surface area contributed by atoms with Crippen molar-refractivity contribution in [2.75, 3.05) is 0 Å². The molecular formula is C22H23ClF3N5O. The summed E-state index contributed by atoms with van der Waals surface area (Å²) in [7, 11) is 0. The van der Waals surface area contributed by atoms with E-state index in [9.17, 15) is 18.0 Å². The van der Waals surface area contributed by atoms with Gasteiger partial charge in [0, 0.05) is 30.1 Å². The number of amides is 1. The molecule has 1 aliphatic carbocycles. The molecule has 0 radical (unpaired) electrons. The Morgan fingerprint density at radius 3 is 2.41 bits per heavy atom. The van der Waals surface area contributed by atoms with Crippen molar-refractivity contribution in [3.8, 4) is 0 Å². The first kappa shape index (κ1) is 22.6. The Kier molecular flexibility index (Phi) is 6.98. The van der Waals surface area contributed by atoms with Gasteiger partial charge in [-0.25, -0.2) is 24.0 Å². The lowest BCUT2D eigenvalue weighted by atomic mass is 10.0. The van der Waals surface area contributed by atoms with E-state index in [0.29, 0.717) is 12.0 Å². The molecule has 1 aliphatic heterocycles. The Balaban J connectivity index is 1.48.